The second kappa shape index (κ2) is 9.04. The molecule has 3 rings (SSSR count). The maximum Gasteiger partial charge on any atom is 0.236 e. The molecule has 2 aliphatic heterocycles. The lowest BCUT2D eigenvalue weighted by atomic mass is 10.0. The van der Waals surface area contributed by atoms with Gasteiger partial charge in [0.15, 0.2) is 0 Å². The smallest absolute Gasteiger partial charge is 0.236 e. The third-order valence-electron chi connectivity index (χ3n) is 4.53. The fraction of sp³-hybridized carbons (Fsp3) is 0.625. The van der Waals surface area contributed by atoms with Gasteiger partial charge in [-0.2, -0.15) is 0 Å². The number of carbonyl (C=O) groups is 2. The number of piperazine rings is 1. The second-order valence-electron chi connectivity index (χ2n) is 6.11. The number of likely N-dealkylation sites (tertiary alicyclic amines) is 1. The van der Waals surface area contributed by atoms with E-state index in [9.17, 15) is 9.59 Å². The van der Waals surface area contributed by atoms with Crippen molar-refractivity contribution in [3.8, 4) is 0 Å². The van der Waals surface area contributed by atoms with E-state index in [4.69, 9.17) is 11.6 Å². The van der Waals surface area contributed by atoms with Crippen molar-refractivity contribution in [2.75, 3.05) is 32.7 Å². The third-order valence-corrected chi connectivity index (χ3v) is 5.82. The molecule has 1 unspecified atom stereocenters. The lowest BCUT2D eigenvalue weighted by Gasteiger charge is -2.41. The molecule has 0 aliphatic carbocycles. The fourth-order valence-electron chi connectivity index (χ4n) is 3.32. The lowest BCUT2D eigenvalue weighted by molar-refractivity contribution is -0.140. The summed E-state index contributed by atoms with van der Waals surface area (Å²) < 4.78 is 0.766. The Balaban J connectivity index is 0.00000208. The number of thiophene rings is 1. The largest absolute Gasteiger partial charge is 0.341 e. The normalized spacial score (nSPS) is 21.5. The predicted octanol–water partition coefficient (Wildman–Crippen LogP) is 2.18. The Labute approximate surface area is 157 Å². The Bertz CT molecular complexity index is 581. The van der Waals surface area contributed by atoms with Crippen LogP contribution in [0.1, 0.15) is 24.1 Å². The van der Waals surface area contributed by atoms with Crippen LogP contribution in [0.2, 0.25) is 4.34 Å². The Morgan fingerprint density at radius 2 is 2.21 bits per heavy atom. The number of halogens is 2. The van der Waals surface area contributed by atoms with Gasteiger partial charge in [0.05, 0.1) is 10.9 Å². The van der Waals surface area contributed by atoms with Crippen LogP contribution in [0, 0.1) is 0 Å². The van der Waals surface area contributed by atoms with Crippen LogP contribution in [0.3, 0.4) is 0 Å². The summed E-state index contributed by atoms with van der Waals surface area (Å²) in [5.41, 5.74) is 0. The Kier molecular flexibility index (Phi) is 7.34. The highest BCUT2D eigenvalue weighted by molar-refractivity contribution is 7.16. The number of aryl methyl sites for hydroxylation is 1. The SMILES string of the molecule is Cl.O=C(CCc1ccc(Cl)s1)N1CCCC(N2CCNCC2=O)C1. The minimum absolute atomic E-state index is 0. The van der Waals surface area contributed by atoms with E-state index >= 15 is 0 Å². The lowest BCUT2D eigenvalue weighted by Crippen LogP contribution is -2.57. The molecule has 3 heterocycles. The number of hydrogen-bond donors (Lipinski definition) is 1. The molecule has 2 saturated heterocycles. The molecular weight excluding hydrogens is 369 g/mol. The predicted molar refractivity (Wildman–Crippen MR) is 99.1 cm³/mol. The molecule has 134 valence electrons. The molecule has 0 aromatic carbocycles. The summed E-state index contributed by atoms with van der Waals surface area (Å²) in [4.78, 5) is 29.5. The van der Waals surface area contributed by atoms with Gasteiger partial charge in [0.2, 0.25) is 11.8 Å². The monoisotopic (exact) mass is 391 g/mol. The number of rotatable bonds is 4. The van der Waals surface area contributed by atoms with Crippen molar-refractivity contribution in [3.05, 3.63) is 21.3 Å². The van der Waals surface area contributed by atoms with Crippen molar-refractivity contribution < 1.29 is 9.59 Å². The number of nitrogens with one attached hydrogen (secondary N) is 1. The van der Waals surface area contributed by atoms with Crippen LogP contribution in [-0.2, 0) is 16.0 Å². The number of piperidine rings is 1. The molecule has 0 bridgehead atoms. The van der Waals surface area contributed by atoms with Crippen molar-refractivity contribution in [3.63, 3.8) is 0 Å². The standard InChI is InChI=1S/C16H22ClN3O2S.ClH/c17-14-5-3-13(23-14)4-6-15(21)19-8-1-2-12(11-19)20-9-7-18-10-16(20)22;/h3,5,12,18H,1-2,4,6-11H2;1H. The second-order valence-corrected chi connectivity index (χ2v) is 7.91. The van der Waals surface area contributed by atoms with Crippen LogP contribution in [0.4, 0.5) is 0 Å². The summed E-state index contributed by atoms with van der Waals surface area (Å²) in [5.74, 6) is 0.339. The van der Waals surface area contributed by atoms with Gasteiger partial charge in [-0.3, -0.25) is 9.59 Å². The molecule has 5 nitrogen and oxygen atoms in total. The minimum atomic E-state index is 0. The average Bonchev–Trinajstić information content (AvgIpc) is 2.98. The van der Waals surface area contributed by atoms with E-state index in [0.717, 1.165) is 48.1 Å². The molecule has 1 aromatic rings. The minimum Gasteiger partial charge on any atom is -0.341 e. The molecule has 2 fully saturated rings. The van der Waals surface area contributed by atoms with Gasteiger partial charge in [-0.05, 0) is 31.4 Å². The van der Waals surface area contributed by atoms with Gasteiger partial charge in [-0.15, -0.1) is 23.7 Å². The fourth-order valence-corrected chi connectivity index (χ4v) is 4.40. The van der Waals surface area contributed by atoms with Crippen molar-refractivity contribution >= 4 is 47.2 Å². The molecule has 24 heavy (non-hydrogen) atoms. The Morgan fingerprint density at radius 1 is 1.38 bits per heavy atom. The molecule has 1 atom stereocenters. The first-order valence-electron chi connectivity index (χ1n) is 8.15. The Morgan fingerprint density at radius 3 is 2.92 bits per heavy atom. The maximum atomic E-state index is 12.5. The highest BCUT2D eigenvalue weighted by Crippen LogP contribution is 2.23. The van der Waals surface area contributed by atoms with Crippen molar-refractivity contribution in [1.29, 1.82) is 0 Å². The maximum absolute atomic E-state index is 12.5. The summed E-state index contributed by atoms with van der Waals surface area (Å²) in [7, 11) is 0. The first kappa shape index (κ1) is 19.5. The zero-order chi connectivity index (χ0) is 16.2. The summed E-state index contributed by atoms with van der Waals surface area (Å²) in [6, 6.07) is 4.04. The van der Waals surface area contributed by atoms with Gasteiger partial charge in [0, 0.05) is 43.5 Å². The molecule has 2 aliphatic rings. The van der Waals surface area contributed by atoms with Crippen molar-refractivity contribution in [2.24, 2.45) is 0 Å². The summed E-state index contributed by atoms with van der Waals surface area (Å²) >= 11 is 7.46. The van der Waals surface area contributed by atoms with E-state index in [-0.39, 0.29) is 30.3 Å². The summed E-state index contributed by atoms with van der Waals surface area (Å²) in [6.45, 7) is 3.49. The van der Waals surface area contributed by atoms with Crippen molar-refractivity contribution in [1.82, 2.24) is 15.1 Å². The van der Waals surface area contributed by atoms with E-state index in [1.807, 2.05) is 21.9 Å². The summed E-state index contributed by atoms with van der Waals surface area (Å²) in [5, 5.41) is 3.10. The van der Waals surface area contributed by atoms with Crippen molar-refractivity contribution in [2.45, 2.75) is 31.7 Å². The average molecular weight is 392 g/mol. The van der Waals surface area contributed by atoms with Crippen LogP contribution in [0.15, 0.2) is 12.1 Å². The number of amides is 2. The number of carbonyl (C=O) groups excluding carboxylic acids is 2. The highest BCUT2D eigenvalue weighted by Gasteiger charge is 2.31. The first-order valence-corrected chi connectivity index (χ1v) is 9.35. The molecule has 1 N–H and O–H groups in total. The zero-order valence-corrected chi connectivity index (χ0v) is 15.9. The van der Waals surface area contributed by atoms with E-state index in [1.165, 1.54) is 11.3 Å². The molecule has 0 saturated carbocycles. The van der Waals surface area contributed by atoms with Gasteiger partial charge >= 0.3 is 0 Å². The van der Waals surface area contributed by atoms with Gasteiger partial charge in [0.1, 0.15) is 0 Å². The van der Waals surface area contributed by atoms with E-state index in [0.29, 0.717) is 19.5 Å². The zero-order valence-electron chi connectivity index (χ0n) is 13.5. The van der Waals surface area contributed by atoms with Gasteiger partial charge in [-0.1, -0.05) is 11.6 Å². The van der Waals surface area contributed by atoms with E-state index < -0.39 is 0 Å². The molecular formula is C16H23Cl2N3O2S. The van der Waals surface area contributed by atoms with Crippen LogP contribution < -0.4 is 5.32 Å². The van der Waals surface area contributed by atoms with Crippen LogP contribution in [-0.4, -0.2) is 60.4 Å². The van der Waals surface area contributed by atoms with E-state index in [2.05, 4.69) is 5.32 Å². The number of nitrogens with zero attached hydrogens (tertiary/aromatic N) is 2. The highest BCUT2D eigenvalue weighted by atomic mass is 35.5. The molecule has 1 aromatic heterocycles. The van der Waals surface area contributed by atoms with Gasteiger partial charge in [0.25, 0.3) is 0 Å². The Hall–Kier alpha value is -0.820. The third kappa shape index (κ3) is 4.85. The van der Waals surface area contributed by atoms with E-state index in [1.54, 1.807) is 0 Å². The molecule has 0 radical (unpaired) electrons. The van der Waals surface area contributed by atoms with Crippen LogP contribution in [0.5, 0.6) is 0 Å². The quantitative estimate of drug-likeness (QED) is 0.855. The molecule has 8 heteroatoms. The van der Waals surface area contributed by atoms with Gasteiger partial charge in [-0.25, -0.2) is 0 Å². The van der Waals surface area contributed by atoms with Crippen LogP contribution >= 0.6 is 35.3 Å². The molecule has 0 spiro atoms. The number of hydrogen-bond acceptors (Lipinski definition) is 4. The first-order chi connectivity index (χ1) is 11.1. The molecule has 2 amide bonds. The summed E-state index contributed by atoms with van der Waals surface area (Å²) in [6.07, 6.45) is 3.22. The topological polar surface area (TPSA) is 52.7 Å². The van der Waals surface area contributed by atoms with Gasteiger partial charge < -0.3 is 15.1 Å². The van der Waals surface area contributed by atoms with Crippen LogP contribution in [0.25, 0.3) is 0 Å².